The maximum Gasteiger partial charge on any atom is 0.319 e. The van der Waals surface area contributed by atoms with E-state index < -0.39 is 16.5 Å². The largest absolute Gasteiger partial charge is 0.380 e. The van der Waals surface area contributed by atoms with E-state index >= 15 is 0 Å². The van der Waals surface area contributed by atoms with Gasteiger partial charge in [0.1, 0.15) is 5.56 Å². The minimum atomic E-state index is -0.711. The summed E-state index contributed by atoms with van der Waals surface area (Å²) in [4.78, 5) is 26.2. The van der Waals surface area contributed by atoms with Gasteiger partial charge in [0.15, 0.2) is 0 Å². The SMILES string of the molecule is CCOCC(NC(=O)c1ccnc(Cl)c1[N+](=O)[O-])C(C)C. The van der Waals surface area contributed by atoms with Gasteiger partial charge in [0, 0.05) is 12.8 Å². The minimum absolute atomic E-state index is 0.109. The van der Waals surface area contributed by atoms with Gasteiger partial charge in [0.25, 0.3) is 5.91 Å². The van der Waals surface area contributed by atoms with Gasteiger partial charge in [0.05, 0.1) is 17.6 Å². The van der Waals surface area contributed by atoms with Crippen LogP contribution in [0, 0.1) is 16.0 Å². The average Bonchev–Trinajstić information content (AvgIpc) is 2.42. The van der Waals surface area contributed by atoms with Gasteiger partial charge >= 0.3 is 5.69 Å². The topological polar surface area (TPSA) is 94.4 Å². The molecule has 0 saturated heterocycles. The van der Waals surface area contributed by atoms with Crippen molar-refractivity contribution < 1.29 is 14.5 Å². The van der Waals surface area contributed by atoms with Crippen molar-refractivity contribution in [3.8, 4) is 0 Å². The van der Waals surface area contributed by atoms with Gasteiger partial charge in [-0.3, -0.25) is 14.9 Å². The van der Waals surface area contributed by atoms with Crippen LogP contribution in [-0.4, -0.2) is 35.1 Å². The summed E-state index contributed by atoms with van der Waals surface area (Å²) in [6.45, 7) is 6.58. The van der Waals surface area contributed by atoms with Crippen molar-refractivity contribution in [3.05, 3.63) is 33.1 Å². The third-order valence-corrected chi connectivity index (χ3v) is 3.21. The molecule has 1 rings (SSSR count). The van der Waals surface area contributed by atoms with E-state index in [0.29, 0.717) is 13.2 Å². The van der Waals surface area contributed by atoms with Crippen LogP contribution in [0.15, 0.2) is 12.3 Å². The van der Waals surface area contributed by atoms with Crippen molar-refractivity contribution in [3.63, 3.8) is 0 Å². The van der Waals surface area contributed by atoms with E-state index in [-0.39, 0.29) is 22.7 Å². The number of ether oxygens (including phenoxy) is 1. The number of carbonyl (C=O) groups excluding carboxylic acids is 1. The van der Waals surface area contributed by atoms with E-state index in [1.165, 1.54) is 12.3 Å². The third-order valence-electron chi connectivity index (χ3n) is 2.93. The first-order chi connectivity index (χ1) is 9.88. The highest BCUT2D eigenvalue weighted by atomic mass is 35.5. The Balaban J connectivity index is 2.98. The summed E-state index contributed by atoms with van der Waals surface area (Å²) in [5.74, 6) is -0.443. The molecule has 1 heterocycles. The van der Waals surface area contributed by atoms with Gasteiger partial charge in [-0.15, -0.1) is 0 Å². The standard InChI is InChI=1S/C13H18ClN3O4/c1-4-21-7-10(8(2)3)16-13(18)9-5-6-15-12(14)11(9)17(19)20/h5-6,8,10H,4,7H2,1-3H3,(H,16,18). The summed E-state index contributed by atoms with van der Waals surface area (Å²) in [5, 5.41) is 13.4. The Morgan fingerprint density at radius 3 is 2.76 bits per heavy atom. The summed E-state index contributed by atoms with van der Waals surface area (Å²) < 4.78 is 5.31. The van der Waals surface area contributed by atoms with Crippen LogP contribution in [0.3, 0.4) is 0 Å². The van der Waals surface area contributed by atoms with E-state index in [0.717, 1.165) is 0 Å². The molecule has 0 fully saturated rings. The number of aromatic nitrogens is 1. The zero-order valence-electron chi connectivity index (χ0n) is 12.1. The third kappa shape index (κ3) is 4.64. The molecule has 0 aliphatic heterocycles. The number of pyridine rings is 1. The number of hydrogen-bond acceptors (Lipinski definition) is 5. The van der Waals surface area contributed by atoms with Crippen molar-refractivity contribution in [2.75, 3.05) is 13.2 Å². The van der Waals surface area contributed by atoms with Gasteiger partial charge in [-0.25, -0.2) is 4.98 Å². The van der Waals surface area contributed by atoms with Crippen LogP contribution in [0.1, 0.15) is 31.1 Å². The molecule has 8 heteroatoms. The molecule has 1 N–H and O–H groups in total. The maximum atomic E-state index is 12.2. The second-order valence-corrected chi connectivity index (χ2v) is 5.10. The zero-order chi connectivity index (χ0) is 16.0. The van der Waals surface area contributed by atoms with Gasteiger partial charge in [-0.1, -0.05) is 25.4 Å². The van der Waals surface area contributed by atoms with Crippen LogP contribution in [0.4, 0.5) is 5.69 Å². The molecule has 0 spiro atoms. The quantitative estimate of drug-likeness (QED) is 0.474. The molecule has 0 aromatic carbocycles. The molecule has 1 aromatic heterocycles. The number of nitrogens with one attached hydrogen (secondary N) is 1. The van der Waals surface area contributed by atoms with Gasteiger partial charge < -0.3 is 10.1 Å². The van der Waals surface area contributed by atoms with E-state index in [9.17, 15) is 14.9 Å². The lowest BCUT2D eigenvalue weighted by molar-refractivity contribution is -0.385. The van der Waals surface area contributed by atoms with E-state index in [2.05, 4.69) is 10.3 Å². The lowest BCUT2D eigenvalue weighted by Crippen LogP contribution is -2.42. The summed E-state index contributed by atoms with van der Waals surface area (Å²) >= 11 is 5.69. The molecule has 0 saturated carbocycles. The maximum absolute atomic E-state index is 12.2. The Bertz CT molecular complexity index is 522. The number of rotatable bonds is 7. The average molecular weight is 316 g/mol. The molecule has 1 aromatic rings. The Kier molecular flexibility index (Phi) is 6.51. The monoisotopic (exact) mass is 315 g/mol. The van der Waals surface area contributed by atoms with Crippen LogP contribution < -0.4 is 5.32 Å². The van der Waals surface area contributed by atoms with Gasteiger partial charge in [-0.2, -0.15) is 0 Å². The van der Waals surface area contributed by atoms with Crippen molar-refractivity contribution in [1.82, 2.24) is 10.3 Å². The van der Waals surface area contributed by atoms with E-state index in [1.54, 1.807) is 0 Å². The molecule has 1 unspecified atom stereocenters. The number of halogens is 1. The highest BCUT2D eigenvalue weighted by Gasteiger charge is 2.27. The molecule has 0 aliphatic rings. The second-order valence-electron chi connectivity index (χ2n) is 4.74. The number of carbonyl (C=O) groups is 1. The fourth-order valence-electron chi connectivity index (χ4n) is 1.68. The molecular formula is C13H18ClN3O4. The van der Waals surface area contributed by atoms with Crippen molar-refractivity contribution >= 4 is 23.2 Å². The fraction of sp³-hybridized carbons (Fsp3) is 0.538. The highest BCUT2D eigenvalue weighted by molar-refractivity contribution is 6.32. The first kappa shape index (κ1) is 17.3. The summed E-state index contributed by atoms with van der Waals surface area (Å²) in [7, 11) is 0. The highest BCUT2D eigenvalue weighted by Crippen LogP contribution is 2.26. The number of nitro groups is 1. The minimum Gasteiger partial charge on any atom is -0.380 e. The molecule has 21 heavy (non-hydrogen) atoms. The fourth-order valence-corrected chi connectivity index (χ4v) is 1.90. The predicted octanol–water partition coefficient (Wildman–Crippen LogP) is 2.43. The van der Waals surface area contributed by atoms with Gasteiger partial charge in [-0.05, 0) is 18.9 Å². The Morgan fingerprint density at radius 1 is 1.57 bits per heavy atom. The number of amides is 1. The lowest BCUT2D eigenvalue weighted by Gasteiger charge is -2.22. The first-order valence-electron chi connectivity index (χ1n) is 6.56. The Morgan fingerprint density at radius 2 is 2.24 bits per heavy atom. The van der Waals surface area contributed by atoms with E-state index in [1.807, 2.05) is 20.8 Å². The predicted molar refractivity (Wildman–Crippen MR) is 78.5 cm³/mol. The molecule has 0 radical (unpaired) electrons. The Hall–Kier alpha value is -1.73. The molecule has 7 nitrogen and oxygen atoms in total. The van der Waals surface area contributed by atoms with Crippen molar-refractivity contribution in [2.24, 2.45) is 5.92 Å². The molecular weight excluding hydrogens is 298 g/mol. The van der Waals surface area contributed by atoms with E-state index in [4.69, 9.17) is 16.3 Å². The van der Waals surface area contributed by atoms with Gasteiger partial charge in [0.2, 0.25) is 5.15 Å². The zero-order valence-corrected chi connectivity index (χ0v) is 12.9. The molecule has 0 aliphatic carbocycles. The first-order valence-corrected chi connectivity index (χ1v) is 6.93. The molecule has 116 valence electrons. The Labute approximate surface area is 127 Å². The van der Waals surface area contributed by atoms with Crippen LogP contribution >= 0.6 is 11.6 Å². The van der Waals surface area contributed by atoms with Crippen LogP contribution in [0.2, 0.25) is 5.15 Å². The number of hydrogen-bond donors (Lipinski definition) is 1. The van der Waals surface area contributed by atoms with Crippen LogP contribution in [-0.2, 0) is 4.74 Å². The van der Waals surface area contributed by atoms with Crippen LogP contribution in [0.25, 0.3) is 0 Å². The molecule has 1 atom stereocenters. The lowest BCUT2D eigenvalue weighted by atomic mass is 10.0. The summed E-state index contributed by atoms with van der Waals surface area (Å²) in [5.41, 5.74) is -0.599. The molecule has 1 amide bonds. The normalized spacial score (nSPS) is 12.2. The van der Waals surface area contributed by atoms with Crippen molar-refractivity contribution in [1.29, 1.82) is 0 Å². The number of nitrogens with zero attached hydrogens (tertiary/aromatic N) is 2. The second kappa shape index (κ2) is 7.90. The smallest absolute Gasteiger partial charge is 0.319 e. The summed E-state index contributed by atoms with van der Waals surface area (Å²) in [6.07, 6.45) is 1.26. The summed E-state index contributed by atoms with van der Waals surface area (Å²) in [6, 6.07) is 1.03. The molecule has 0 bridgehead atoms. The van der Waals surface area contributed by atoms with Crippen LogP contribution in [0.5, 0.6) is 0 Å². The van der Waals surface area contributed by atoms with Crippen molar-refractivity contribution in [2.45, 2.75) is 26.8 Å².